The molecular formula is H3BeN3. The molecule has 4 heteroatoms. The summed E-state index contributed by atoms with van der Waals surface area (Å²) in [6.07, 6.45) is 0. The van der Waals surface area contributed by atoms with Crippen LogP contribution in [-0.4, -0.2) is 10.1 Å². The Morgan fingerprint density at radius 1 is 2.00 bits per heavy atom. The normalized spacial score (nSPS) is 2.00. The molecule has 0 aliphatic rings. The summed E-state index contributed by atoms with van der Waals surface area (Å²) in [6, 6.07) is 0. The summed E-state index contributed by atoms with van der Waals surface area (Å²) in [5, 5.41) is 0. The van der Waals surface area contributed by atoms with E-state index in [4.69, 9.17) is 11.1 Å². The van der Waals surface area contributed by atoms with E-state index in [1.54, 1.807) is 4.91 Å². The number of hydrogen-bond acceptors (Lipinski definition) is 1. The average Bonchev–Trinajstić information content (AvgIpc) is 0.918. The van der Waals surface area contributed by atoms with Crippen LogP contribution in [0.15, 0.2) is 0 Å². The summed E-state index contributed by atoms with van der Waals surface area (Å²) in [4.78, 5) is 1.75. The topological polar surface area (TPSA) is 60.3 Å². The summed E-state index contributed by atoms with van der Waals surface area (Å²) >= 11 is 0. The van der Waals surface area contributed by atoms with E-state index in [2.05, 4.69) is 0 Å². The van der Waals surface area contributed by atoms with E-state index in [-0.39, 0.29) is 13.0 Å². The molecule has 0 aromatic heterocycles. The predicted octanol–water partition coefficient (Wildman–Crippen LogP) is 0.720. The molecule has 0 aromatic carbocycles. The minimum absolute atomic E-state index is 0. The van der Waals surface area contributed by atoms with Gasteiger partial charge in [-0.3, -0.25) is 0 Å². The fourth-order valence-corrected chi connectivity index (χ4v) is 0. The fraction of sp³-hybridized carbons (Fsp3) is 0. The summed E-state index contributed by atoms with van der Waals surface area (Å²) < 4.78 is 0. The van der Waals surface area contributed by atoms with Gasteiger partial charge in [-0.1, -0.05) is 0 Å². The van der Waals surface area contributed by atoms with E-state index in [1.807, 2.05) is 0 Å². The van der Waals surface area contributed by atoms with Crippen LogP contribution in [0, 0.1) is 5.53 Å². The smallest absolute Gasteiger partial charge is 1.00 e. The zero-order valence-electron chi connectivity index (χ0n) is 4.10. The van der Waals surface area contributed by atoms with Gasteiger partial charge < -0.3 is 2.85 Å². The molecule has 0 spiro atoms. The van der Waals surface area contributed by atoms with E-state index in [9.17, 15) is 0 Å². The van der Waals surface area contributed by atoms with Crippen LogP contribution in [0.2, 0.25) is 0 Å². The Morgan fingerprint density at radius 2 is 2.00 bits per heavy atom. The fourth-order valence-electron chi connectivity index (χ4n) is 0. The monoisotopic (exact) mass is 54.0 g/mol. The Labute approximate surface area is 30.2 Å². The first-order valence-electron chi connectivity index (χ1n) is 0.424. The molecule has 3 nitrogen and oxygen atoms in total. The second kappa shape index (κ2) is 23.6. The summed E-state index contributed by atoms with van der Waals surface area (Å²) in [7, 11) is 0. The molecule has 0 saturated carbocycles. The van der Waals surface area contributed by atoms with Crippen molar-refractivity contribution < 1.29 is 2.85 Å². The van der Waals surface area contributed by atoms with Gasteiger partial charge in [0.25, 0.3) is 0 Å². The molecule has 20 valence electrons. The molecule has 0 amide bonds. The van der Waals surface area contributed by atoms with Gasteiger partial charge in [-0.15, -0.1) is 5.53 Å². The summed E-state index contributed by atoms with van der Waals surface area (Å²) in [5.41, 5.74) is 12.2. The standard InChI is InChI=1S/Be.HN3.2H/c;1-3-2;;/h;1H;;/q+2;;2*-1. The zero-order chi connectivity index (χ0) is 2.71. The van der Waals surface area contributed by atoms with Crippen LogP contribution in [0.4, 0.5) is 0 Å². The van der Waals surface area contributed by atoms with Crippen LogP contribution < -0.4 is 0 Å². The van der Waals surface area contributed by atoms with E-state index >= 15 is 0 Å². The second-order valence-corrected chi connectivity index (χ2v) is 0.100. The first kappa shape index (κ1) is 9.77. The quantitative estimate of drug-likeness (QED) is 0.183. The van der Waals surface area contributed by atoms with Gasteiger partial charge in [0.05, 0.1) is 0 Å². The molecule has 0 bridgehead atoms. The minimum Gasteiger partial charge on any atom is -1.00 e. The average molecular weight is 54.1 g/mol. The van der Waals surface area contributed by atoms with Crippen LogP contribution in [0.25, 0.3) is 10.4 Å². The van der Waals surface area contributed by atoms with Gasteiger partial charge in [-0.25, -0.2) is 0 Å². The van der Waals surface area contributed by atoms with Crippen LogP contribution in [0.3, 0.4) is 0 Å². The SMILES string of the molecule is [Be+2].[H-].[H-].[N-]=[N+]=N. The number of hydrogen-bond donors (Lipinski definition) is 1. The van der Waals surface area contributed by atoms with Crippen molar-refractivity contribution in [1.82, 2.24) is 0 Å². The molecule has 0 rings (SSSR count). The van der Waals surface area contributed by atoms with E-state index in [0.29, 0.717) is 0 Å². The van der Waals surface area contributed by atoms with Gasteiger partial charge in [0.2, 0.25) is 0 Å². The molecule has 0 atom stereocenters. The Balaban J connectivity index is -0.00000000667. The summed E-state index contributed by atoms with van der Waals surface area (Å²) in [5.74, 6) is 0. The Bertz CT molecular complexity index is 29.8. The molecule has 0 aromatic rings. The minimum atomic E-state index is 0. The van der Waals surface area contributed by atoms with E-state index in [0.717, 1.165) is 0 Å². The Kier molecular flexibility index (Phi) is 57.8. The second-order valence-electron chi connectivity index (χ2n) is 0.100. The first-order chi connectivity index (χ1) is 1.41. The number of nitrogens with one attached hydrogen (secondary N) is 1. The van der Waals surface area contributed by atoms with E-state index < -0.39 is 0 Å². The number of rotatable bonds is 0. The van der Waals surface area contributed by atoms with Gasteiger partial charge >= 0.3 is 10.1 Å². The van der Waals surface area contributed by atoms with Gasteiger partial charge in [-0.05, 0) is 10.4 Å². The third-order valence-electron chi connectivity index (χ3n) is 0. The molecule has 1 N–H and O–H groups in total. The van der Waals surface area contributed by atoms with Crippen LogP contribution in [-0.2, 0) is 0 Å². The molecule has 0 radical (unpaired) electrons. The van der Waals surface area contributed by atoms with Crippen molar-refractivity contribution >= 4 is 10.1 Å². The van der Waals surface area contributed by atoms with Gasteiger partial charge in [0, 0.05) is 0 Å². The molecule has 0 aliphatic carbocycles. The third-order valence-corrected chi connectivity index (χ3v) is 0. The van der Waals surface area contributed by atoms with Crippen molar-refractivity contribution in [2.24, 2.45) is 0 Å². The maximum atomic E-state index is 6.86. The molecule has 4 heavy (non-hydrogen) atoms. The van der Waals surface area contributed by atoms with Gasteiger partial charge in [0.15, 0.2) is 0 Å². The maximum Gasteiger partial charge on any atom is 2.00 e. The van der Waals surface area contributed by atoms with Crippen molar-refractivity contribution in [3.05, 3.63) is 10.4 Å². The zero-order valence-corrected chi connectivity index (χ0v) is 2.10. The predicted molar refractivity (Wildman–Crippen MR) is 17.4 cm³/mol. The van der Waals surface area contributed by atoms with Crippen molar-refractivity contribution in [2.45, 2.75) is 0 Å². The van der Waals surface area contributed by atoms with Gasteiger partial charge in [-0.2, -0.15) is 0 Å². The molecule has 0 unspecified atom stereocenters. The first-order valence-corrected chi connectivity index (χ1v) is 0.424. The van der Waals surface area contributed by atoms with E-state index in [1.165, 1.54) is 0 Å². The molecular weight excluding hydrogens is 51.0 g/mol. The van der Waals surface area contributed by atoms with Crippen molar-refractivity contribution in [3.63, 3.8) is 0 Å². The maximum absolute atomic E-state index is 6.86. The van der Waals surface area contributed by atoms with Crippen molar-refractivity contribution in [1.29, 1.82) is 5.53 Å². The molecule has 0 heterocycles. The van der Waals surface area contributed by atoms with Gasteiger partial charge in [0.1, 0.15) is 0 Å². The molecule has 0 fully saturated rings. The largest absolute Gasteiger partial charge is 2.00 e. The molecule has 0 saturated heterocycles. The summed E-state index contributed by atoms with van der Waals surface area (Å²) in [6.45, 7) is 0. The van der Waals surface area contributed by atoms with Crippen LogP contribution in [0.5, 0.6) is 0 Å². The van der Waals surface area contributed by atoms with Crippen LogP contribution in [0.1, 0.15) is 2.85 Å². The number of nitrogens with zero attached hydrogens (tertiary/aromatic N) is 2. The Hall–Kier alpha value is -0.521. The third kappa shape index (κ3) is 1.25. The Morgan fingerprint density at radius 3 is 2.00 bits per heavy atom. The van der Waals surface area contributed by atoms with Crippen molar-refractivity contribution in [2.75, 3.05) is 0 Å². The van der Waals surface area contributed by atoms with Crippen LogP contribution >= 0.6 is 0 Å². The molecule has 0 aliphatic heterocycles. The van der Waals surface area contributed by atoms with Crippen molar-refractivity contribution in [3.8, 4) is 0 Å².